The van der Waals surface area contributed by atoms with Crippen molar-refractivity contribution in [3.8, 4) is 11.5 Å². The smallest absolute Gasteiger partial charge is 0.228 e. The normalized spacial score (nSPS) is 13.6. The predicted molar refractivity (Wildman–Crippen MR) is 99.8 cm³/mol. The zero-order chi connectivity index (χ0) is 17.6. The number of rotatable bonds is 6. The Morgan fingerprint density at radius 3 is 2.52 bits per heavy atom. The largest absolute Gasteiger partial charge is 0.493 e. The van der Waals surface area contributed by atoms with Gasteiger partial charge in [0, 0.05) is 24.5 Å². The summed E-state index contributed by atoms with van der Waals surface area (Å²) in [5.74, 6) is 1.24. The average molecular weight is 340 g/mol. The van der Waals surface area contributed by atoms with Crippen LogP contribution in [0.3, 0.4) is 0 Å². The minimum Gasteiger partial charge on any atom is -0.493 e. The monoisotopic (exact) mass is 340 g/mol. The highest BCUT2D eigenvalue weighted by Gasteiger charge is 2.13. The fourth-order valence-corrected chi connectivity index (χ4v) is 3.14. The van der Waals surface area contributed by atoms with Crippen LogP contribution in [0.2, 0.25) is 0 Å². The summed E-state index contributed by atoms with van der Waals surface area (Å²) >= 11 is 0. The molecule has 0 radical (unpaired) electrons. The lowest BCUT2D eigenvalue weighted by atomic mass is 10.1. The van der Waals surface area contributed by atoms with E-state index in [1.54, 1.807) is 14.2 Å². The van der Waals surface area contributed by atoms with Crippen molar-refractivity contribution in [2.75, 3.05) is 37.5 Å². The molecule has 2 aromatic rings. The Bertz CT molecular complexity index is 739. The highest BCUT2D eigenvalue weighted by molar-refractivity contribution is 5.92. The van der Waals surface area contributed by atoms with Gasteiger partial charge in [-0.3, -0.25) is 4.79 Å². The van der Waals surface area contributed by atoms with Crippen molar-refractivity contribution in [1.29, 1.82) is 0 Å². The molecule has 1 aliphatic rings. The van der Waals surface area contributed by atoms with Crippen molar-refractivity contribution in [1.82, 2.24) is 0 Å². The molecule has 0 bridgehead atoms. The number of carbonyl (C=O) groups excluding carboxylic acids is 1. The second-order valence-corrected chi connectivity index (χ2v) is 6.16. The summed E-state index contributed by atoms with van der Waals surface area (Å²) in [5, 5.41) is 2.98. The second kappa shape index (κ2) is 7.92. The first-order valence-electron chi connectivity index (χ1n) is 8.55. The van der Waals surface area contributed by atoms with E-state index in [0.29, 0.717) is 11.5 Å². The van der Waals surface area contributed by atoms with Crippen LogP contribution >= 0.6 is 0 Å². The standard InChI is InChI=1S/C20H24N2O3/c1-24-18-9-8-15(12-19(18)25-2)13-20(23)21-16-6-5-7-17(14-16)22-10-3-4-11-22/h5-9,12,14H,3-4,10-11,13H2,1-2H3,(H,21,23). The number of hydrogen-bond donors (Lipinski definition) is 1. The first-order chi connectivity index (χ1) is 12.2. The second-order valence-electron chi connectivity index (χ2n) is 6.16. The Morgan fingerprint density at radius 2 is 1.80 bits per heavy atom. The van der Waals surface area contributed by atoms with Crippen molar-refractivity contribution >= 4 is 17.3 Å². The molecule has 0 aromatic heterocycles. The number of benzene rings is 2. The van der Waals surface area contributed by atoms with Crippen LogP contribution in [0.25, 0.3) is 0 Å². The highest BCUT2D eigenvalue weighted by atomic mass is 16.5. The minimum absolute atomic E-state index is 0.0502. The van der Waals surface area contributed by atoms with Gasteiger partial charge < -0.3 is 19.7 Å². The van der Waals surface area contributed by atoms with Crippen LogP contribution in [0, 0.1) is 0 Å². The maximum absolute atomic E-state index is 12.4. The molecule has 0 aliphatic carbocycles. The Kier molecular flexibility index (Phi) is 5.43. The predicted octanol–water partition coefficient (Wildman–Crippen LogP) is 3.49. The number of methoxy groups -OCH3 is 2. The molecule has 1 fully saturated rings. The van der Waals surface area contributed by atoms with E-state index < -0.39 is 0 Å². The third kappa shape index (κ3) is 4.24. The summed E-state index contributed by atoms with van der Waals surface area (Å²) in [6, 6.07) is 13.6. The van der Waals surface area contributed by atoms with Gasteiger partial charge in [-0.15, -0.1) is 0 Å². The maximum Gasteiger partial charge on any atom is 0.228 e. The third-order valence-electron chi connectivity index (χ3n) is 4.41. The zero-order valence-electron chi connectivity index (χ0n) is 14.7. The fraction of sp³-hybridized carbons (Fsp3) is 0.350. The molecule has 25 heavy (non-hydrogen) atoms. The average Bonchev–Trinajstić information content (AvgIpc) is 3.16. The van der Waals surface area contributed by atoms with Crippen LogP contribution in [0.1, 0.15) is 18.4 Å². The first-order valence-corrected chi connectivity index (χ1v) is 8.55. The number of nitrogens with one attached hydrogen (secondary N) is 1. The van der Waals surface area contributed by atoms with Crippen molar-refractivity contribution in [2.45, 2.75) is 19.3 Å². The Morgan fingerprint density at radius 1 is 1.04 bits per heavy atom. The molecule has 1 N–H and O–H groups in total. The Labute approximate surface area is 148 Å². The highest BCUT2D eigenvalue weighted by Crippen LogP contribution is 2.28. The third-order valence-corrected chi connectivity index (χ3v) is 4.41. The Hall–Kier alpha value is -2.69. The molecule has 0 spiro atoms. The summed E-state index contributed by atoms with van der Waals surface area (Å²) in [7, 11) is 3.18. The van der Waals surface area contributed by atoms with Crippen LogP contribution in [-0.4, -0.2) is 33.2 Å². The van der Waals surface area contributed by atoms with Gasteiger partial charge in [-0.25, -0.2) is 0 Å². The van der Waals surface area contributed by atoms with Gasteiger partial charge in [0.15, 0.2) is 11.5 Å². The molecule has 1 heterocycles. The summed E-state index contributed by atoms with van der Waals surface area (Å²) < 4.78 is 10.5. The number of hydrogen-bond acceptors (Lipinski definition) is 4. The lowest BCUT2D eigenvalue weighted by Crippen LogP contribution is -2.18. The van der Waals surface area contributed by atoms with Gasteiger partial charge in [0.1, 0.15) is 0 Å². The van der Waals surface area contributed by atoms with Crippen LogP contribution in [-0.2, 0) is 11.2 Å². The van der Waals surface area contributed by atoms with Crippen LogP contribution in [0.4, 0.5) is 11.4 Å². The van der Waals surface area contributed by atoms with Gasteiger partial charge in [-0.2, -0.15) is 0 Å². The first kappa shape index (κ1) is 17.1. The SMILES string of the molecule is COc1ccc(CC(=O)Nc2cccc(N3CCCC3)c2)cc1OC. The molecular formula is C20H24N2O3. The molecule has 1 aliphatic heterocycles. The molecule has 0 unspecified atom stereocenters. The van der Waals surface area contributed by atoms with Gasteiger partial charge in [-0.1, -0.05) is 12.1 Å². The quantitative estimate of drug-likeness (QED) is 0.875. The summed E-state index contributed by atoms with van der Waals surface area (Å²) in [6.07, 6.45) is 2.75. The van der Waals surface area contributed by atoms with E-state index in [2.05, 4.69) is 16.3 Å². The minimum atomic E-state index is -0.0502. The van der Waals surface area contributed by atoms with Gasteiger partial charge in [0.25, 0.3) is 0 Å². The van der Waals surface area contributed by atoms with E-state index in [0.717, 1.165) is 24.3 Å². The molecule has 3 rings (SSSR count). The number of anilines is 2. The van der Waals surface area contributed by atoms with E-state index in [1.165, 1.54) is 18.5 Å². The summed E-state index contributed by atoms with van der Waals surface area (Å²) in [4.78, 5) is 14.7. The molecule has 0 atom stereocenters. The maximum atomic E-state index is 12.4. The number of ether oxygens (including phenoxy) is 2. The molecule has 1 amide bonds. The van der Waals surface area contributed by atoms with Gasteiger partial charge in [0.05, 0.1) is 20.6 Å². The van der Waals surface area contributed by atoms with Gasteiger partial charge in [-0.05, 0) is 48.7 Å². The van der Waals surface area contributed by atoms with Crippen molar-refractivity contribution in [2.24, 2.45) is 0 Å². The number of carbonyl (C=O) groups is 1. The molecule has 5 heteroatoms. The van der Waals surface area contributed by atoms with E-state index in [9.17, 15) is 4.79 Å². The van der Waals surface area contributed by atoms with Crippen LogP contribution < -0.4 is 19.7 Å². The molecule has 132 valence electrons. The molecular weight excluding hydrogens is 316 g/mol. The van der Waals surface area contributed by atoms with Crippen LogP contribution in [0.15, 0.2) is 42.5 Å². The molecule has 0 saturated carbocycles. The van der Waals surface area contributed by atoms with Crippen molar-refractivity contribution < 1.29 is 14.3 Å². The summed E-state index contributed by atoms with van der Waals surface area (Å²) in [5.41, 5.74) is 2.88. The zero-order valence-corrected chi connectivity index (χ0v) is 14.7. The molecule has 5 nitrogen and oxygen atoms in total. The topological polar surface area (TPSA) is 50.8 Å². The summed E-state index contributed by atoms with van der Waals surface area (Å²) in [6.45, 7) is 2.17. The van der Waals surface area contributed by atoms with E-state index in [4.69, 9.17) is 9.47 Å². The number of amides is 1. The van der Waals surface area contributed by atoms with Crippen molar-refractivity contribution in [3.63, 3.8) is 0 Å². The van der Waals surface area contributed by atoms with E-state index in [1.807, 2.05) is 36.4 Å². The van der Waals surface area contributed by atoms with E-state index in [-0.39, 0.29) is 12.3 Å². The number of nitrogens with zero attached hydrogens (tertiary/aromatic N) is 1. The molecule has 1 saturated heterocycles. The lowest BCUT2D eigenvalue weighted by Gasteiger charge is -2.18. The fourth-order valence-electron chi connectivity index (χ4n) is 3.14. The Balaban J connectivity index is 1.65. The lowest BCUT2D eigenvalue weighted by molar-refractivity contribution is -0.115. The van der Waals surface area contributed by atoms with Crippen LogP contribution in [0.5, 0.6) is 11.5 Å². The molecule has 2 aromatic carbocycles. The van der Waals surface area contributed by atoms with Gasteiger partial charge >= 0.3 is 0 Å². The van der Waals surface area contributed by atoms with Crippen molar-refractivity contribution in [3.05, 3.63) is 48.0 Å². The van der Waals surface area contributed by atoms with Gasteiger partial charge in [0.2, 0.25) is 5.91 Å². The van der Waals surface area contributed by atoms with E-state index >= 15 is 0 Å².